The molecule has 0 N–H and O–H groups in total. The van der Waals surface area contributed by atoms with Gasteiger partial charge >= 0.3 is 0 Å². The zero-order chi connectivity index (χ0) is 35.8. The van der Waals surface area contributed by atoms with Crippen molar-refractivity contribution in [1.29, 1.82) is 0 Å². The third-order valence-electron chi connectivity index (χ3n) is 12.8. The molecule has 0 fully saturated rings. The van der Waals surface area contributed by atoms with Crippen molar-refractivity contribution in [2.45, 2.75) is 12.3 Å². The maximum absolute atomic E-state index is 2.56. The summed E-state index contributed by atoms with van der Waals surface area (Å²) in [6.45, 7) is 0. The first-order chi connectivity index (χ1) is 27.3. The van der Waals surface area contributed by atoms with Crippen molar-refractivity contribution in [3.05, 3.63) is 193 Å². The highest BCUT2D eigenvalue weighted by Crippen LogP contribution is 2.62. The first-order valence-electron chi connectivity index (χ1n) is 19.5. The van der Waals surface area contributed by atoms with E-state index in [-0.39, 0.29) is 5.92 Å². The largest absolute Gasteiger partial charge is 0.309 e. The Morgan fingerprint density at radius 3 is 1.82 bits per heavy atom. The summed E-state index contributed by atoms with van der Waals surface area (Å²) in [6.07, 6.45) is 5.86. The van der Waals surface area contributed by atoms with E-state index in [1.807, 2.05) is 0 Å². The van der Waals surface area contributed by atoms with Gasteiger partial charge in [0.05, 0.1) is 11.0 Å². The molecule has 1 atom stereocenters. The molecule has 0 saturated heterocycles. The van der Waals surface area contributed by atoms with Crippen LogP contribution in [0.1, 0.15) is 29.0 Å². The zero-order valence-electron chi connectivity index (χ0n) is 30.1. The first kappa shape index (κ1) is 29.5. The standard InChI is InChI=1S/C54H33N/c1-4-16-32(17-5-1)47-43-30-42-36-23-11-10-22-35(36)37-25-14-27-40(49(37)42)52(43)48(33-18-6-2-7-19-33)54-44-31-46-51(39-26-15-28-41(50(39)44)53(47)54)38-24-12-13-29-45(38)55(46)34-20-8-3-9-21-34/h1-27,29-31,41H,28H2. The van der Waals surface area contributed by atoms with E-state index in [0.717, 1.165) is 6.42 Å². The Morgan fingerprint density at radius 1 is 0.400 bits per heavy atom. The number of hydrogen-bond acceptors (Lipinski definition) is 0. The van der Waals surface area contributed by atoms with Gasteiger partial charge in [-0.25, -0.2) is 0 Å². The third-order valence-corrected chi connectivity index (χ3v) is 12.8. The smallest absolute Gasteiger partial charge is 0.0553 e. The molecule has 1 nitrogen and oxygen atoms in total. The molecular formula is C54H33N. The van der Waals surface area contributed by atoms with Crippen LogP contribution in [0.3, 0.4) is 0 Å². The van der Waals surface area contributed by atoms with Gasteiger partial charge in [0, 0.05) is 22.4 Å². The highest BCUT2D eigenvalue weighted by molar-refractivity contribution is 6.31. The Bertz CT molecular complexity index is 3310. The van der Waals surface area contributed by atoms with E-state index < -0.39 is 0 Å². The molecule has 1 unspecified atom stereocenters. The summed E-state index contributed by atoms with van der Waals surface area (Å²) >= 11 is 0. The average molecular weight is 696 g/mol. The molecule has 0 amide bonds. The second-order valence-electron chi connectivity index (χ2n) is 15.4. The fraction of sp³-hybridized carbons (Fsp3) is 0.0370. The van der Waals surface area contributed by atoms with Gasteiger partial charge in [-0.15, -0.1) is 0 Å². The van der Waals surface area contributed by atoms with Gasteiger partial charge in [-0.05, 0) is 131 Å². The summed E-state index contributed by atoms with van der Waals surface area (Å²) in [5.74, 6) is 0.234. The van der Waals surface area contributed by atoms with Crippen LogP contribution in [0.5, 0.6) is 0 Å². The minimum absolute atomic E-state index is 0.234. The highest BCUT2D eigenvalue weighted by atomic mass is 15.0. The summed E-state index contributed by atoms with van der Waals surface area (Å²) in [5, 5.41) is 8.05. The Labute approximate surface area is 319 Å². The monoisotopic (exact) mass is 695 g/mol. The molecule has 10 aromatic rings. The lowest BCUT2D eigenvalue weighted by molar-refractivity contribution is 0.849. The second kappa shape index (κ2) is 10.8. The van der Waals surface area contributed by atoms with Gasteiger partial charge in [0.1, 0.15) is 0 Å². The van der Waals surface area contributed by atoms with Crippen LogP contribution >= 0.6 is 0 Å². The lowest BCUT2D eigenvalue weighted by Crippen LogP contribution is -2.04. The maximum Gasteiger partial charge on any atom is 0.0553 e. The van der Waals surface area contributed by atoms with E-state index in [2.05, 4.69) is 187 Å². The number of para-hydroxylation sites is 2. The number of fused-ring (bicyclic) bond motifs is 12. The zero-order valence-corrected chi connectivity index (χ0v) is 30.1. The summed E-state index contributed by atoms with van der Waals surface area (Å²) in [7, 11) is 0. The summed E-state index contributed by atoms with van der Waals surface area (Å²) in [5.41, 5.74) is 21.4. The van der Waals surface area contributed by atoms with E-state index in [0.29, 0.717) is 0 Å². The van der Waals surface area contributed by atoms with Crippen molar-refractivity contribution in [3.63, 3.8) is 0 Å². The van der Waals surface area contributed by atoms with E-state index >= 15 is 0 Å². The Balaban J connectivity index is 1.28. The van der Waals surface area contributed by atoms with Crippen LogP contribution in [0, 0.1) is 0 Å². The second-order valence-corrected chi connectivity index (χ2v) is 15.4. The third kappa shape index (κ3) is 3.77. The highest BCUT2D eigenvalue weighted by Gasteiger charge is 2.40. The van der Waals surface area contributed by atoms with Crippen molar-refractivity contribution in [1.82, 2.24) is 4.57 Å². The molecule has 0 spiro atoms. The Hall–Kier alpha value is -6.96. The van der Waals surface area contributed by atoms with Crippen molar-refractivity contribution < 1.29 is 0 Å². The molecule has 1 heteroatoms. The van der Waals surface area contributed by atoms with Crippen LogP contribution < -0.4 is 0 Å². The van der Waals surface area contributed by atoms with Gasteiger partial charge in [-0.1, -0.05) is 152 Å². The molecule has 3 aliphatic rings. The SMILES string of the molecule is C1=Cc2c3c(cc4c2c2ccccc2n4-c2ccccc2)-c2c(c(-c4ccccc4)c4cc5c6c(cccc6c4c2-c2ccccc2)-c2ccccc2-5)C3C1. The van der Waals surface area contributed by atoms with E-state index in [4.69, 9.17) is 0 Å². The Morgan fingerprint density at radius 2 is 1.04 bits per heavy atom. The molecule has 1 aromatic heterocycles. The van der Waals surface area contributed by atoms with Crippen LogP contribution in [0.2, 0.25) is 0 Å². The number of hydrogen-bond donors (Lipinski definition) is 0. The van der Waals surface area contributed by atoms with E-state index in [1.54, 1.807) is 0 Å². The molecule has 0 aliphatic heterocycles. The van der Waals surface area contributed by atoms with Crippen molar-refractivity contribution >= 4 is 49.4 Å². The van der Waals surface area contributed by atoms with Crippen LogP contribution in [0.15, 0.2) is 176 Å². The van der Waals surface area contributed by atoms with Crippen LogP contribution in [0.25, 0.3) is 111 Å². The Kier molecular flexibility index (Phi) is 5.80. The topological polar surface area (TPSA) is 4.93 Å². The predicted octanol–water partition coefficient (Wildman–Crippen LogP) is 14.6. The molecule has 254 valence electrons. The quantitative estimate of drug-likeness (QED) is 0.162. The van der Waals surface area contributed by atoms with Crippen LogP contribution in [-0.4, -0.2) is 4.57 Å². The average Bonchev–Trinajstić information content (AvgIpc) is 3.88. The van der Waals surface area contributed by atoms with Gasteiger partial charge in [-0.3, -0.25) is 0 Å². The molecule has 9 aromatic carbocycles. The molecule has 0 radical (unpaired) electrons. The molecule has 13 rings (SSSR count). The maximum atomic E-state index is 2.56. The molecular weight excluding hydrogens is 663 g/mol. The summed E-state index contributed by atoms with van der Waals surface area (Å²) in [6, 6.07) is 63.5. The summed E-state index contributed by atoms with van der Waals surface area (Å²) < 4.78 is 2.49. The van der Waals surface area contributed by atoms with Crippen molar-refractivity contribution in [2.24, 2.45) is 0 Å². The number of rotatable bonds is 3. The van der Waals surface area contributed by atoms with Gasteiger partial charge in [0.2, 0.25) is 0 Å². The number of allylic oxidation sites excluding steroid dienone is 1. The fourth-order valence-corrected chi connectivity index (χ4v) is 10.8. The van der Waals surface area contributed by atoms with E-state index in [9.17, 15) is 0 Å². The van der Waals surface area contributed by atoms with Crippen molar-refractivity contribution in [3.8, 4) is 61.3 Å². The van der Waals surface area contributed by atoms with E-state index in [1.165, 1.54) is 121 Å². The fourth-order valence-electron chi connectivity index (χ4n) is 10.8. The number of benzene rings is 9. The van der Waals surface area contributed by atoms with Gasteiger partial charge < -0.3 is 4.57 Å². The van der Waals surface area contributed by atoms with Gasteiger partial charge in [-0.2, -0.15) is 0 Å². The minimum atomic E-state index is 0.234. The first-order valence-corrected chi connectivity index (χ1v) is 19.5. The van der Waals surface area contributed by atoms with Gasteiger partial charge in [0.25, 0.3) is 0 Å². The molecule has 55 heavy (non-hydrogen) atoms. The number of nitrogens with zero attached hydrogens (tertiary/aromatic N) is 1. The number of aromatic nitrogens is 1. The minimum Gasteiger partial charge on any atom is -0.309 e. The normalized spacial score (nSPS) is 14.6. The van der Waals surface area contributed by atoms with Crippen LogP contribution in [0.4, 0.5) is 0 Å². The van der Waals surface area contributed by atoms with Crippen molar-refractivity contribution in [2.75, 3.05) is 0 Å². The van der Waals surface area contributed by atoms with Crippen LogP contribution in [-0.2, 0) is 0 Å². The molecule has 0 bridgehead atoms. The lowest BCUT2D eigenvalue weighted by Gasteiger charge is -2.25. The molecule has 1 heterocycles. The molecule has 3 aliphatic carbocycles. The summed E-state index contributed by atoms with van der Waals surface area (Å²) in [4.78, 5) is 0. The van der Waals surface area contributed by atoms with Gasteiger partial charge in [0.15, 0.2) is 0 Å². The predicted molar refractivity (Wildman–Crippen MR) is 232 cm³/mol. The lowest BCUT2D eigenvalue weighted by atomic mass is 9.78. The molecule has 0 saturated carbocycles.